The Kier molecular flexibility index (Phi) is 10.3. The van der Waals surface area contributed by atoms with Crippen molar-refractivity contribution >= 4 is 29.9 Å². The van der Waals surface area contributed by atoms with E-state index in [1.165, 1.54) is 24.0 Å². The lowest BCUT2D eigenvalue weighted by Gasteiger charge is -2.22. The lowest BCUT2D eigenvalue weighted by atomic mass is 10.1. The molecule has 1 fully saturated rings. The van der Waals surface area contributed by atoms with Gasteiger partial charge in [0.15, 0.2) is 5.96 Å². The second-order valence-corrected chi connectivity index (χ2v) is 6.41. The quantitative estimate of drug-likeness (QED) is 0.274. The van der Waals surface area contributed by atoms with E-state index in [1.54, 1.807) is 0 Å². The maximum absolute atomic E-state index is 5.72. The average molecular weight is 445 g/mol. The molecule has 0 unspecified atom stereocenters. The Labute approximate surface area is 164 Å². The van der Waals surface area contributed by atoms with Gasteiger partial charge in [0.05, 0.1) is 6.61 Å². The van der Waals surface area contributed by atoms with E-state index in [-0.39, 0.29) is 24.0 Å². The minimum atomic E-state index is 0. The third-order valence-corrected chi connectivity index (χ3v) is 4.10. The van der Waals surface area contributed by atoms with Crippen molar-refractivity contribution in [3.05, 3.63) is 35.4 Å². The molecule has 136 valence electrons. The summed E-state index contributed by atoms with van der Waals surface area (Å²) in [5.74, 6) is 1.80. The predicted molar refractivity (Wildman–Crippen MR) is 112 cm³/mol. The van der Waals surface area contributed by atoms with Crippen LogP contribution in [-0.2, 0) is 11.2 Å². The fraction of sp³-hybridized carbons (Fsp3) is 0.632. The van der Waals surface area contributed by atoms with E-state index in [9.17, 15) is 0 Å². The number of nitrogens with zero attached hydrogens (tertiary/aromatic N) is 2. The molecule has 0 aliphatic heterocycles. The van der Waals surface area contributed by atoms with Gasteiger partial charge in [0.1, 0.15) is 0 Å². The molecule has 0 spiro atoms. The third-order valence-electron chi connectivity index (χ3n) is 4.10. The summed E-state index contributed by atoms with van der Waals surface area (Å²) in [5.41, 5.74) is 2.64. The van der Waals surface area contributed by atoms with Crippen molar-refractivity contribution in [1.82, 2.24) is 10.2 Å². The summed E-state index contributed by atoms with van der Waals surface area (Å²) in [6.45, 7) is 8.49. The van der Waals surface area contributed by atoms with E-state index in [0.717, 1.165) is 51.1 Å². The van der Waals surface area contributed by atoms with Crippen LogP contribution in [0.3, 0.4) is 0 Å². The van der Waals surface area contributed by atoms with Gasteiger partial charge < -0.3 is 15.0 Å². The lowest BCUT2D eigenvalue weighted by Crippen LogP contribution is -2.40. The van der Waals surface area contributed by atoms with Gasteiger partial charge in [-0.15, -0.1) is 24.0 Å². The first kappa shape index (κ1) is 21.2. The minimum absolute atomic E-state index is 0. The maximum atomic E-state index is 5.72. The van der Waals surface area contributed by atoms with Gasteiger partial charge in [-0.05, 0) is 44.6 Å². The molecule has 1 aromatic rings. The van der Waals surface area contributed by atoms with Gasteiger partial charge in [0.2, 0.25) is 0 Å². The highest BCUT2D eigenvalue weighted by Crippen LogP contribution is 2.28. The number of benzene rings is 1. The fourth-order valence-corrected chi connectivity index (χ4v) is 2.36. The molecule has 5 heteroatoms. The van der Waals surface area contributed by atoms with Gasteiger partial charge in [0, 0.05) is 33.3 Å². The molecule has 0 bridgehead atoms. The molecule has 1 aliphatic rings. The van der Waals surface area contributed by atoms with Crippen LogP contribution in [0.4, 0.5) is 0 Å². The normalized spacial score (nSPS) is 14.2. The first-order chi connectivity index (χ1) is 11.2. The number of nitrogens with one attached hydrogen (secondary N) is 1. The van der Waals surface area contributed by atoms with Crippen molar-refractivity contribution in [3.8, 4) is 0 Å². The monoisotopic (exact) mass is 445 g/mol. The predicted octanol–water partition coefficient (Wildman–Crippen LogP) is 3.48. The molecule has 4 nitrogen and oxygen atoms in total. The van der Waals surface area contributed by atoms with Crippen LogP contribution in [0.5, 0.6) is 0 Å². The molecular weight excluding hydrogens is 413 g/mol. The van der Waals surface area contributed by atoms with Crippen molar-refractivity contribution < 1.29 is 4.74 Å². The number of halogens is 1. The first-order valence-electron chi connectivity index (χ1n) is 8.81. The first-order valence-corrected chi connectivity index (χ1v) is 8.81. The van der Waals surface area contributed by atoms with E-state index < -0.39 is 0 Å². The van der Waals surface area contributed by atoms with Crippen LogP contribution in [-0.4, -0.2) is 50.8 Å². The summed E-state index contributed by atoms with van der Waals surface area (Å²) in [6, 6.07) is 8.70. The van der Waals surface area contributed by atoms with Gasteiger partial charge in [-0.3, -0.25) is 4.99 Å². The summed E-state index contributed by atoms with van der Waals surface area (Å²) >= 11 is 0. The molecule has 1 saturated carbocycles. The summed E-state index contributed by atoms with van der Waals surface area (Å²) in [5, 5.41) is 3.36. The molecule has 2 rings (SSSR count). The summed E-state index contributed by atoms with van der Waals surface area (Å²) in [4.78, 5) is 6.89. The maximum Gasteiger partial charge on any atom is 0.193 e. The fourth-order valence-electron chi connectivity index (χ4n) is 2.36. The topological polar surface area (TPSA) is 36.9 Å². The molecule has 0 aromatic heterocycles. The number of guanidine groups is 1. The molecule has 1 N–H and O–H groups in total. The van der Waals surface area contributed by atoms with Gasteiger partial charge in [-0.1, -0.05) is 29.8 Å². The minimum Gasteiger partial charge on any atom is -0.379 e. The highest BCUT2D eigenvalue weighted by atomic mass is 127. The zero-order chi connectivity index (χ0) is 16.5. The average Bonchev–Trinajstić information content (AvgIpc) is 3.36. The molecule has 1 aliphatic carbocycles. The molecule has 0 saturated heterocycles. The Morgan fingerprint density at radius 1 is 1.29 bits per heavy atom. The second kappa shape index (κ2) is 11.7. The number of ether oxygens (including phenoxy) is 1. The summed E-state index contributed by atoms with van der Waals surface area (Å²) < 4.78 is 5.72. The van der Waals surface area contributed by atoms with Gasteiger partial charge in [0.25, 0.3) is 0 Å². The third kappa shape index (κ3) is 8.33. The molecular formula is C19H32IN3O. The highest BCUT2D eigenvalue weighted by molar-refractivity contribution is 14.0. The second-order valence-electron chi connectivity index (χ2n) is 6.41. The van der Waals surface area contributed by atoms with Crippen LogP contribution in [0, 0.1) is 12.8 Å². The SMILES string of the molecule is CCNC(=NCCc1ccc(C)cc1)N(C)CCOCC1CC1.I. The van der Waals surface area contributed by atoms with Crippen LogP contribution in [0.15, 0.2) is 29.3 Å². The zero-order valence-corrected chi connectivity index (χ0v) is 17.6. The highest BCUT2D eigenvalue weighted by Gasteiger charge is 2.21. The van der Waals surface area contributed by atoms with E-state index in [4.69, 9.17) is 9.73 Å². The van der Waals surface area contributed by atoms with E-state index in [2.05, 4.69) is 55.4 Å². The molecule has 0 radical (unpaired) electrons. The zero-order valence-electron chi connectivity index (χ0n) is 15.3. The number of hydrogen-bond acceptors (Lipinski definition) is 2. The van der Waals surface area contributed by atoms with Gasteiger partial charge in [-0.2, -0.15) is 0 Å². The molecule has 0 amide bonds. The van der Waals surface area contributed by atoms with Crippen molar-refractivity contribution in [1.29, 1.82) is 0 Å². The van der Waals surface area contributed by atoms with Gasteiger partial charge >= 0.3 is 0 Å². The Hall–Kier alpha value is -0.820. The standard InChI is InChI=1S/C19H31N3O.HI/c1-4-20-19(22(3)13-14-23-15-18-9-10-18)21-12-11-17-7-5-16(2)6-8-17;/h5-8,18H,4,9-15H2,1-3H3,(H,20,21);1H. The van der Waals surface area contributed by atoms with Crippen LogP contribution in [0.25, 0.3) is 0 Å². The summed E-state index contributed by atoms with van der Waals surface area (Å²) in [6.07, 6.45) is 3.67. The number of aliphatic imine (C=N–C) groups is 1. The molecule has 0 heterocycles. The smallest absolute Gasteiger partial charge is 0.193 e. The molecule has 24 heavy (non-hydrogen) atoms. The Morgan fingerprint density at radius 3 is 2.62 bits per heavy atom. The van der Waals surface area contributed by atoms with Crippen LogP contribution in [0.1, 0.15) is 30.9 Å². The van der Waals surface area contributed by atoms with Crippen molar-refractivity contribution in [2.24, 2.45) is 10.9 Å². The van der Waals surface area contributed by atoms with E-state index in [0.29, 0.717) is 0 Å². The van der Waals surface area contributed by atoms with Crippen molar-refractivity contribution in [3.63, 3.8) is 0 Å². The molecule has 1 aromatic carbocycles. The van der Waals surface area contributed by atoms with Crippen LogP contribution < -0.4 is 5.32 Å². The van der Waals surface area contributed by atoms with E-state index >= 15 is 0 Å². The van der Waals surface area contributed by atoms with E-state index in [1.807, 2.05) is 0 Å². The Balaban J connectivity index is 0.00000288. The van der Waals surface area contributed by atoms with Crippen LogP contribution in [0.2, 0.25) is 0 Å². The number of rotatable bonds is 9. The molecule has 0 atom stereocenters. The largest absolute Gasteiger partial charge is 0.379 e. The Bertz CT molecular complexity index is 486. The number of hydrogen-bond donors (Lipinski definition) is 1. The van der Waals surface area contributed by atoms with Crippen LogP contribution >= 0.6 is 24.0 Å². The summed E-state index contributed by atoms with van der Waals surface area (Å²) in [7, 11) is 2.08. The van der Waals surface area contributed by atoms with Crippen molar-refractivity contribution in [2.75, 3.05) is 39.9 Å². The Morgan fingerprint density at radius 2 is 2.00 bits per heavy atom. The number of likely N-dealkylation sites (N-methyl/N-ethyl adjacent to an activating group) is 1. The lowest BCUT2D eigenvalue weighted by molar-refractivity contribution is 0.115. The number of aryl methyl sites for hydroxylation is 1. The van der Waals surface area contributed by atoms with Gasteiger partial charge in [-0.25, -0.2) is 0 Å². The van der Waals surface area contributed by atoms with Crippen molar-refractivity contribution in [2.45, 2.75) is 33.1 Å².